The number of rotatable bonds is 10. The van der Waals surface area contributed by atoms with E-state index < -0.39 is 0 Å². The van der Waals surface area contributed by atoms with E-state index in [0.717, 1.165) is 25.2 Å². The topological polar surface area (TPSA) is 26.3 Å². The fourth-order valence-corrected chi connectivity index (χ4v) is 1.74. The van der Waals surface area contributed by atoms with Crippen LogP contribution in [-0.4, -0.2) is 12.6 Å². The summed E-state index contributed by atoms with van der Waals surface area (Å²) in [5, 5.41) is 0. The standard InChI is InChI=1S/C15H30O2/c1-13(2)9-6-5-7-12-17-15(16)11-8-10-14(3)4/h13-14H,5-12H2,1-4H3. The molecule has 0 aromatic carbocycles. The van der Waals surface area contributed by atoms with Crippen LogP contribution in [0, 0.1) is 11.8 Å². The van der Waals surface area contributed by atoms with Crippen molar-refractivity contribution < 1.29 is 9.53 Å². The monoisotopic (exact) mass is 242 g/mol. The summed E-state index contributed by atoms with van der Waals surface area (Å²) in [6, 6.07) is 0. The van der Waals surface area contributed by atoms with E-state index in [1.165, 1.54) is 19.3 Å². The molecule has 102 valence electrons. The van der Waals surface area contributed by atoms with Crippen LogP contribution < -0.4 is 0 Å². The molecule has 0 aromatic rings. The molecule has 2 nitrogen and oxygen atoms in total. The first-order chi connectivity index (χ1) is 8.02. The molecule has 0 amide bonds. The molecule has 2 heteroatoms. The molecule has 0 fully saturated rings. The van der Waals surface area contributed by atoms with Crippen LogP contribution in [0.2, 0.25) is 0 Å². The Morgan fingerprint density at radius 2 is 1.47 bits per heavy atom. The van der Waals surface area contributed by atoms with Gasteiger partial charge in [-0.3, -0.25) is 4.79 Å². The van der Waals surface area contributed by atoms with Gasteiger partial charge in [0.15, 0.2) is 0 Å². The molecule has 0 unspecified atom stereocenters. The minimum absolute atomic E-state index is 0.0190. The molecule has 0 aliphatic rings. The second-order valence-corrected chi connectivity index (χ2v) is 5.75. The minimum atomic E-state index is -0.0190. The zero-order valence-electron chi connectivity index (χ0n) is 12.1. The number of hydrogen-bond donors (Lipinski definition) is 0. The lowest BCUT2D eigenvalue weighted by atomic mass is 10.1. The van der Waals surface area contributed by atoms with Gasteiger partial charge >= 0.3 is 5.97 Å². The summed E-state index contributed by atoms with van der Waals surface area (Å²) < 4.78 is 5.19. The predicted octanol–water partition coefficient (Wildman–Crippen LogP) is 4.57. The molecule has 0 aromatic heterocycles. The maximum absolute atomic E-state index is 11.3. The molecule has 0 saturated heterocycles. The van der Waals surface area contributed by atoms with Crippen LogP contribution in [-0.2, 0) is 9.53 Å². The lowest BCUT2D eigenvalue weighted by molar-refractivity contribution is -0.143. The molecular formula is C15H30O2. The third-order valence-electron chi connectivity index (χ3n) is 2.85. The van der Waals surface area contributed by atoms with Gasteiger partial charge in [0.2, 0.25) is 0 Å². The van der Waals surface area contributed by atoms with Gasteiger partial charge in [-0.2, -0.15) is 0 Å². The van der Waals surface area contributed by atoms with Crippen molar-refractivity contribution in [2.24, 2.45) is 11.8 Å². The fourth-order valence-electron chi connectivity index (χ4n) is 1.74. The van der Waals surface area contributed by atoms with Crippen LogP contribution in [0.5, 0.6) is 0 Å². The summed E-state index contributed by atoms with van der Waals surface area (Å²) in [6.45, 7) is 9.46. The quantitative estimate of drug-likeness (QED) is 0.414. The number of carbonyl (C=O) groups is 1. The Kier molecular flexibility index (Phi) is 10.3. The van der Waals surface area contributed by atoms with Crippen molar-refractivity contribution in [3.63, 3.8) is 0 Å². The van der Waals surface area contributed by atoms with Gasteiger partial charge in [0.25, 0.3) is 0 Å². The number of hydrogen-bond acceptors (Lipinski definition) is 2. The molecule has 0 rings (SSSR count). The molecule has 0 N–H and O–H groups in total. The van der Waals surface area contributed by atoms with E-state index in [1.807, 2.05) is 0 Å². The highest BCUT2D eigenvalue weighted by molar-refractivity contribution is 5.69. The van der Waals surface area contributed by atoms with Crippen molar-refractivity contribution in [3.8, 4) is 0 Å². The average Bonchev–Trinajstić information content (AvgIpc) is 2.22. The van der Waals surface area contributed by atoms with Gasteiger partial charge in [-0.25, -0.2) is 0 Å². The lowest BCUT2D eigenvalue weighted by Crippen LogP contribution is -2.06. The third kappa shape index (κ3) is 13.4. The van der Waals surface area contributed by atoms with Gasteiger partial charge in [0, 0.05) is 6.42 Å². The highest BCUT2D eigenvalue weighted by atomic mass is 16.5. The summed E-state index contributed by atoms with van der Waals surface area (Å²) in [6.07, 6.45) is 7.39. The zero-order chi connectivity index (χ0) is 13.1. The van der Waals surface area contributed by atoms with E-state index in [0.29, 0.717) is 18.9 Å². The summed E-state index contributed by atoms with van der Waals surface area (Å²) >= 11 is 0. The Balaban J connectivity index is 3.22. The van der Waals surface area contributed by atoms with Crippen molar-refractivity contribution in [2.45, 2.75) is 72.6 Å². The van der Waals surface area contributed by atoms with Crippen molar-refractivity contribution in [1.82, 2.24) is 0 Å². The van der Waals surface area contributed by atoms with E-state index in [-0.39, 0.29) is 5.97 Å². The van der Waals surface area contributed by atoms with E-state index >= 15 is 0 Å². The molecule has 0 radical (unpaired) electrons. The lowest BCUT2D eigenvalue weighted by Gasteiger charge is -2.07. The van der Waals surface area contributed by atoms with Crippen molar-refractivity contribution in [2.75, 3.05) is 6.61 Å². The number of unbranched alkanes of at least 4 members (excludes halogenated alkanes) is 2. The highest BCUT2D eigenvalue weighted by Crippen LogP contribution is 2.09. The van der Waals surface area contributed by atoms with E-state index in [4.69, 9.17) is 4.74 Å². The van der Waals surface area contributed by atoms with E-state index in [2.05, 4.69) is 27.7 Å². The number of esters is 1. The van der Waals surface area contributed by atoms with E-state index in [1.54, 1.807) is 0 Å². The summed E-state index contributed by atoms with van der Waals surface area (Å²) in [5.74, 6) is 1.45. The van der Waals surface area contributed by atoms with Gasteiger partial charge in [-0.05, 0) is 24.7 Å². The Labute approximate surface area is 107 Å². The second-order valence-electron chi connectivity index (χ2n) is 5.75. The Morgan fingerprint density at radius 3 is 2.06 bits per heavy atom. The first-order valence-corrected chi connectivity index (χ1v) is 7.18. The van der Waals surface area contributed by atoms with Gasteiger partial charge in [0.05, 0.1) is 6.61 Å². The van der Waals surface area contributed by atoms with Crippen LogP contribution in [0.25, 0.3) is 0 Å². The van der Waals surface area contributed by atoms with Gasteiger partial charge < -0.3 is 4.74 Å². The molecule has 0 atom stereocenters. The molecular weight excluding hydrogens is 212 g/mol. The van der Waals surface area contributed by atoms with Gasteiger partial charge in [-0.15, -0.1) is 0 Å². The molecule has 0 saturated carbocycles. The summed E-state index contributed by atoms with van der Waals surface area (Å²) in [4.78, 5) is 11.3. The SMILES string of the molecule is CC(C)CCCCCOC(=O)CCCC(C)C. The highest BCUT2D eigenvalue weighted by Gasteiger charge is 2.03. The normalized spacial score (nSPS) is 11.2. The number of carbonyl (C=O) groups excluding carboxylic acids is 1. The van der Waals surface area contributed by atoms with Crippen LogP contribution in [0.15, 0.2) is 0 Å². The largest absolute Gasteiger partial charge is 0.466 e. The Morgan fingerprint density at radius 1 is 0.882 bits per heavy atom. The van der Waals surface area contributed by atoms with Crippen molar-refractivity contribution in [3.05, 3.63) is 0 Å². The summed E-state index contributed by atoms with van der Waals surface area (Å²) in [7, 11) is 0. The molecule has 17 heavy (non-hydrogen) atoms. The molecule has 0 aliphatic heterocycles. The maximum Gasteiger partial charge on any atom is 0.305 e. The maximum atomic E-state index is 11.3. The smallest absolute Gasteiger partial charge is 0.305 e. The Hall–Kier alpha value is -0.530. The first-order valence-electron chi connectivity index (χ1n) is 7.18. The third-order valence-corrected chi connectivity index (χ3v) is 2.85. The first kappa shape index (κ1) is 16.5. The Bertz CT molecular complexity index is 185. The molecule has 0 heterocycles. The minimum Gasteiger partial charge on any atom is -0.466 e. The molecule has 0 bridgehead atoms. The van der Waals surface area contributed by atoms with Crippen LogP contribution in [0.3, 0.4) is 0 Å². The van der Waals surface area contributed by atoms with Crippen LogP contribution in [0.1, 0.15) is 72.6 Å². The summed E-state index contributed by atoms with van der Waals surface area (Å²) in [5.41, 5.74) is 0. The van der Waals surface area contributed by atoms with Gasteiger partial charge in [0.1, 0.15) is 0 Å². The van der Waals surface area contributed by atoms with Crippen molar-refractivity contribution in [1.29, 1.82) is 0 Å². The van der Waals surface area contributed by atoms with Gasteiger partial charge in [-0.1, -0.05) is 53.4 Å². The van der Waals surface area contributed by atoms with Crippen LogP contribution >= 0.6 is 0 Å². The molecule has 0 aliphatic carbocycles. The second kappa shape index (κ2) is 10.6. The fraction of sp³-hybridized carbons (Fsp3) is 0.933. The number of ether oxygens (including phenoxy) is 1. The average molecular weight is 242 g/mol. The van der Waals surface area contributed by atoms with E-state index in [9.17, 15) is 4.79 Å². The van der Waals surface area contributed by atoms with Crippen molar-refractivity contribution >= 4 is 5.97 Å². The van der Waals surface area contributed by atoms with Crippen LogP contribution in [0.4, 0.5) is 0 Å². The molecule has 0 spiro atoms. The zero-order valence-corrected chi connectivity index (χ0v) is 12.1. The predicted molar refractivity (Wildman–Crippen MR) is 73.0 cm³/mol.